The van der Waals surface area contributed by atoms with E-state index in [4.69, 9.17) is 23.2 Å². The molecule has 0 saturated heterocycles. The molecule has 0 aliphatic rings. The third-order valence-electron chi connectivity index (χ3n) is 2.42. The summed E-state index contributed by atoms with van der Waals surface area (Å²) < 4.78 is 1.89. The van der Waals surface area contributed by atoms with Crippen LogP contribution >= 0.6 is 66.4 Å². The second-order valence-electron chi connectivity index (χ2n) is 3.76. The Labute approximate surface area is 137 Å². The van der Waals surface area contributed by atoms with Crippen LogP contribution in [0.5, 0.6) is 0 Å². The zero-order chi connectivity index (χ0) is 13.3. The summed E-state index contributed by atoms with van der Waals surface area (Å²) in [6, 6.07) is 6.07. The molecule has 18 heavy (non-hydrogen) atoms. The maximum atomic E-state index is 6.20. The zero-order valence-corrected chi connectivity index (χ0v) is 14.8. The Kier molecular flexibility index (Phi) is 5.00. The Morgan fingerprint density at radius 2 is 1.94 bits per heavy atom. The number of hydrogen-bond donors (Lipinski definition) is 1. The van der Waals surface area contributed by atoms with Crippen LogP contribution in [-0.2, 0) is 0 Å². The van der Waals surface area contributed by atoms with Crippen LogP contribution < -0.4 is 5.32 Å². The summed E-state index contributed by atoms with van der Waals surface area (Å²) in [4.78, 5) is 1.23. The van der Waals surface area contributed by atoms with Crippen LogP contribution in [0.2, 0.25) is 10.0 Å². The van der Waals surface area contributed by atoms with Crippen LogP contribution in [0.25, 0.3) is 0 Å². The van der Waals surface area contributed by atoms with Gasteiger partial charge in [-0.15, -0.1) is 11.3 Å². The Bertz CT molecular complexity index is 571. The molecule has 0 saturated carbocycles. The van der Waals surface area contributed by atoms with E-state index < -0.39 is 0 Å². The molecule has 1 aromatic heterocycles. The average Bonchev–Trinajstić information content (AvgIpc) is 2.77. The van der Waals surface area contributed by atoms with Gasteiger partial charge in [-0.1, -0.05) is 23.2 Å². The van der Waals surface area contributed by atoms with Crippen molar-refractivity contribution in [3.8, 4) is 0 Å². The number of benzene rings is 1. The fourth-order valence-electron chi connectivity index (χ4n) is 1.50. The van der Waals surface area contributed by atoms with Crippen LogP contribution in [0.1, 0.15) is 17.8 Å². The molecule has 1 unspecified atom stereocenters. The number of thiophene rings is 1. The lowest BCUT2D eigenvalue weighted by Gasteiger charge is -2.16. The summed E-state index contributed by atoms with van der Waals surface area (Å²) in [6.07, 6.45) is 0. The molecule has 0 fully saturated rings. The summed E-state index contributed by atoms with van der Waals surface area (Å²) in [7, 11) is 0. The van der Waals surface area contributed by atoms with Gasteiger partial charge >= 0.3 is 0 Å². The first-order valence-electron chi connectivity index (χ1n) is 5.13. The molecule has 1 nitrogen and oxygen atoms in total. The SMILES string of the molecule is CC(Nc1ccc(Br)c(Cl)c1Cl)c1cc(Br)cs1. The monoisotopic (exact) mass is 427 g/mol. The van der Waals surface area contributed by atoms with E-state index in [1.807, 2.05) is 12.1 Å². The Balaban J connectivity index is 2.22. The summed E-state index contributed by atoms with van der Waals surface area (Å²) in [5, 5.41) is 6.48. The fraction of sp³-hybridized carbons (Fsp3) is 0.167. The molecule has 0 aliphatic carbocycles. The van der Waals surface area contributed by atoms with Crippen LogP contribution in [0.3, 0.4) is 0 Å². The predicted octanol–water partition coefficient (Wildman–Crippen LogP) is 6.75. The second-order valence-corrected chi connectivity index (χ2v) is 7.22. The number of halogens is 4. The van der Waals surface area contributed by atoms with Crippen molar-refractivity contribution in [3.05, 3.63) is 47.4 Å². The van der Waals surface area contributed by atoms with Gasteiger partial charge in [0.2, 0.25) is 0 Å². The number of rotatable bonds is 3. The van der Waals surface area contributed by atoms with Gasteiger partial charge in [0.05, 0.1) is 21.8 Å². The summed E-state index contributed by atoms with van der Waals surface area (Å²) in [5.74, 6) is 0. The van der Waals surface area contributed by atoms with Crippen molar-refractivity contribution >= 4 is 72.1 Å². The summed E-state index contributed by atoms with van der Waals surface area (Å²) in [5.41, 5.74) is 0.835. The van der Waals surface area contributed by atoms with Crippen LogP contribution in [0.4, 0.5) is 5.69 Å². The summed E-state index contributed by atoms with van der Waals surface area (Å²) >= 11 is 20.8. The molecule has 96 valence electrons. The van der Waals surface area contributed by atoms with Gasteiger partial charge < -0.3 is 5.32 Å². The molecule has 2 rings (SSSR count). The van der Waals surface area contributed by atoms with Crippen molar-refractivity contribution < 1.29 is 0 Å². The van der Waals surface area contributed by atoms with Gasteiger partial charge in [0.1, 0.15) is 0 Å². The van der Waals surface area contributed by atoms with E-state index in [0.717, 1.165) is 14.6 Å². The first-order valence-corrected chi connectivity index (χ1v) is 8.35. The molecule has 0 spiro atoms. The molecular weight excluding hydrogens is 421 g/mol. The van der Waals surface area contributed by atoms with Gasteiger partial charge in [-0.2, -0.15) is 0 Å². The third-order valence-corrected chi connectivity index (χ3v) is 6.07. The molecule has 6 heteroatoms. The van der Waals surface area contributed by atoms with Crippen molar-refractivity contribution in [3.63, 3.8) is 0 Å². The lowest BCUT2D eigenvalue weighted by molar-refractivity contribution is 0.907. The molecule has 0 bridgehead atoms. The smallest absolute Gasteiger partial charge is 0.0835 e. The van der Waals surface area contributed by atoms with Crippen molar-refractivity contribution in [2.45, 2.75) is 13.0 Å². The predicted molar refractivity (Wildman–Crippen MR) is 88.2 cm³/mol. The van der Waals surface area contributed by atoms with Crippen molar-refractivity contribution in [1.29, 1.82) is 0 Å². The first kappa shape index (κ1) is 14.7. The lowest BCUT2D eigenvalue weighted by atomic mass is 10.2. The minimum Gasteiger partial charge on any atom is -0.376 e. The Morgan fingerprint density at radius 1 is 1.22 bits per heavy atom. The average molecular weight is 430 g/mol. The molecular formula is C12H9Br2Cl2NS. The van der Waals surface area contributed by atoms with E-state index >= 15 is 0 Å². The van der Waals surface area contributed by atoms with E-state index in [-0.39, 0.29) is 6.04 Å². The number of hydrogen-bond acceptors (Lipinski definition) is 2. The van der Waals surface area contributed by atoms with E-state index in [2.05, 4.69) is 55.5 Å². The van der Waals surface area contributed by atoms with Crippen molar-refractivity contribution in [2.24, 2.45) is 0 Å². The molecule has 1 N–H and O–H groups in total. The Hall–Kier alpha value is 0.260. The van der Waals surface area contributed by atoms with E-state index in [0.29, 0.717) is 10.0 Å². The molecule has 1 heterocycles. The van der Waals surface area contributed by atoms with Crippen LogP contribution in [0.15, 0.2) is 32.5 Å². The number of anilines is 1. The van der Waals surface area contributed by atoms with Gasteiger partial charge in [-0.05, 0) is 57.0 Å². The van der Waals surface area contributed by atoms with Crippen molar-refractivity contribution in [2.75, 3.05) is 5.32 Å². The highest BCUT2D eigenvalue weighted by molar-refractivity contribution is 9.10. The van der Waals surface area contributed by atoms with E-state index in [1.165, 1.54) is 4.88 Å². The van der Waals surface area contributed by atoms with Crippen LogP contribution in [-0.4, -0.2) is 0 Å². The molecule has 0 radical (unpaired) electrons. The topological polar surface area (TPSA) is 12.0 Å². The zero-order valence-electron chi connectivity index (χ0n) is 9.31. The van der Waals surface area contributed by atoms with E-state index in [9.17, 15) is 0 Å². The normalized spacial score (nSPS) is 12.5. The summed E-state index contributed by atoms with van der Waals surface area (Å²) in [6.45, 7) is 2.09. The largest absolute Gasteiger partial charge is 0.376 e. The van der Waals surface area contributed by atoms with Crippen molar-refractivity contribution in [1.82, 2.24) is 0 Å². The Morgan fingerprint density at radius 3 is 2.56 bits per heavy atom. The van der Waals surface area contributed by atoms with Gasteiger partial charge in [0, 0.05) is 19.2 Å². The third kappa shape index (κ3) is 3.23. The molecule has 2 aromatic rings. The van der Waals surface area contributed by atoms with E-state index in [1.54, 1.807) is 11.3 Å². The highest BCUT2D eigenvalue weighted by Crippen LogP contribution is 2.37. The highest BCUT2D eigenvalue weighted by atomic mass is 79.9. The second kappa shape index (κ2) is 6.14. The molecule has 0 aliphatic heterocycles. The highest BCUT2D eigenvalue weighted by Gasteiger charge is 2.12. The van der Waals surface area contributed by atoms with Crippen LogP contribution in [0, 0.1) is 0 Å². The minimum absolute atomic E-state index is 0.177. The maximum absolute atomic E-state index is 6.20. The molecule has 0 amide bonds. The molecule has 1 aromatic carbocycles. The number of nitrogens with one attached hydrogen (secondary N) is 1. The van der Waals surface area contributed by atoms with Gasteiger partial charge in [0.25, 0.3) is 0 Å². The fourth-order valence-corrected chi connectivity index (χ4v) is 3.78. The quantitative estimate of drug-likeness (QED) is 0.532. The van der Waals surface area contributed by atoms with Gasteiger partial charge in [-0.25, -0.2) is 0 Å². The lowest BCUT2D eigenvalue weighted by Crippen LogP contribution is -2.05. The minimum atomic E-state index is 0.177. The first-order chi connectivity index (χ1) is 8.49. The maximum Gasteiger partial charge on any atom is 0.0835 e. The molecule has 1 atom stereocenters. The van der Waals surface area contributed by atoms with Gasteiger partial charge in [-0.3, -0.25) is 0 Å². The standard InChI is InChI=1S/C12H9Br2Cl2NS/c1-6(10-4-7(13)5-18-10)17-9-3-2-8(14)11(15)12(9)16/h2-6,17H,1H3. The van der Waals surface area contributed by atoms with Gasteiger partial charge in [0.15, 0.2) is 0 Å².